The van der Waals surface area contributed by atoms with Gasteiger partial charge in [0.1, 0.15) is 16.3 Å². The van der Waals surface area contributed by atoms with E-state index in [1.165, 1.54) is 4.88 Å². The second kappa shape index (κ2) is 4.03. The summed E-state index contributed by atoms with van der Waals surface area (Å²) in [4.78, 5) is 15.3. The number of anilines is 1. The molecule has 3 aromatic heterocycles. The lowest BCUT2D eigenvalue weighted by Crippen LogP contribution is -1.97. The van der Waals surface area contributed by atoms with Crippen LogP contribution in [0.2, 0.25) is 0 Å². The van der Waals surface area contributed by atoms with Crippen LogP contribution in [0.5, 0.6) is 0 Å². The van der Waals surface area contributed by atoms with Crippen LogP contribution in [0.4, 0.5) is 5.82 Å². The molecule has 90 valence electrons. The van der Waals surface area contributed by atoms with E-state index < -0.39 is 0 Å². The Kier molecular flexibility index (Phi) is 2.48. The summed E-state index contributed by atoms with van der Waals surface area (Å²) in [6.07, 6.45) is 1.76. The Hall–Kier alpha value is -2.01. The number of nitrogen functional groups attached to an aromatic ring is 1. The molecule has 0 saturated carbocycles. The highest BCUT2D eigenvalue weighted by atomic mass is 32.1. The standard InChI is InChI=1S/C13H12N4S/c1-7-3-4-15-10(5-7)12-16-11(14)9-6-8(2)18-13(9)17-12/h3-6H,1-2H3,(H2,14,16,17). The largest absolute Gasteiger partial charge is 0.383 e. The van der Waals surface area contributed by atoms with Gasteiger partial charge in [-0.1, -0.05) is 0 Å². The first-order chi connectivity index (χ1) is 8.63. The van der Waals surface area contributed by atoms with E-state index in [4.69, 9.17) is 5.73 Å². The highest BCUT2D eigenvalue weighted by molar-refractivity contribution is 7.18. The summed E-state index contributed by atoms with van der Waals surface area (Å²) in [5, 5.41) is 0.925. The van der Waals surface area contributed by atoms with Crippen molar-refractivity contribution in [1.29, 1.82) is 0 Å². The van der Waals surface area contributed by atoms with E-state index in [1.54, 1.807) is 17.5 Å². The number of thiophene rings is 1. The lowest BCUT2D eigenvalue weighted by Gasteiger charge is -2.02. The highest BCUT2D eigenvalue weighted by Gasteiger charge is 2.10. The third-order valence-corrected chi connectivity index (χ3v) is 3.63. The minimum absolute atomic E-state index is 0.516. The third-order valence-electron chi connectivity index (χ3n) is 2.69. The molecule has 0 spiro atoms. The Morgan fingerprint density at radius 1 is 1.17 bits per heavy atom. The predicted octanol–water partition coefficient (Wildman–Crippen LogP) is 2.95. The van der Waals surface area contributed by atoms with E-state index in [1.807, 2.05) is 32.0 Å². The van der Waals surface area contributed by atoms with E-state index in [9.17, 15) is 0 Å². The van der Waals surface area contributed by atoms with Gasteiger partial charge in [0.25, 0.3) is 0 Å². The van der Waals surface area contributed by atoms with E-state index in [0.29, 0.717) is 11.6 Å². The van der Waals surface area contributed by atoms with Gasteiger partial charge in [-0.15, -0.1) is 11.3 Å². The molecule has 4 nitrogen and oxygen atoms in total. The first-order valence-electron chi connectivity index (χ1n) is 5.60. The zero-order chi connectivity index (χ0) is 12.7. The molecule has 3 rings (SSSR count). The number of nitrogens with zero attached hydrogens (tertiary/aromatic N) is 3. The number of aromatic nitrogens is 3. The van der Waals surface area contributed by atoms with Crippen LogP contribution in [0.1, 0.15) is 10.4 Å². The Bertz CT molecular complexity index is 733. The Labute approximate surface area is 109 Å². The predicted molar refractivity (Wildman–Crippen MR) is 74.5 cm³/mol. The summed E-state index contributed by atoms with van der Waals surface area (Å²) in [5.74, 6) is 1.10. The molecule has 0 fully saturated rings. The number of aryl methyl sites for hydroxylation is 2. The van der Waals surface area contributed by atoms with Crippen LogP contribution in [-0.4, -0.2) is 15.0 Å². The number of hydrogen-bond acceptors (Lipinski definition) is 5. The van der Waals surface area contributed by atoms with E-state index in [0.717, 1.165) is 21.5 Å². The molecular formula is C13H12N4S. The molecule has 0 aromatic carbocycles. The average molecular weight is 256 g/mol. The maximum absolute atomic E-state index is 5.97. The second-order valence-electron chi connectivity index (χ2n) is 4.23. The van der Waals surface area contributed by atoms with Gasteiger partial charge in [0, 0.05) is 11.1 Å². The smallest absolute Gasteiger partial charge is 0.181 e. The van der Waals surface area contributed by atoms with Crippen LogP contribution < -0.4 is 5.73 Å². The number of fused-ring (bicyclic) bond motifs is 1. The van der Waals surface area contributed by atoms with Crippen LogP contribution in [0.3, 0.4) is 0 Å². The van der Waals surface area contributed by atoms with Gasteiger partial charge in [0.15, 0.2) is 5.82 Å². The molecule has 0 saturated heterocycles. The van der Waals surface area contributed by atoms with Gasteiger partial charge < -0.3 is 5.73 Å². The van der Waals surface area contributed by atoms with Gasteiger partial charge in [0.05, 0.1) is 5.39 Å². The van der Waals surface area contributed by atoms with E-state index in [2.05, 4.69) is 15.0 Å². The van der Waals surface area contributed by atoms with Crippen LogP contribution in [0.25, 0.3) is 21.7 Å². The molecule has 0 aliphatic heterocycles. The Morgan fingerprint density at radius 3 is 2.78 bits per heavy atom. The second-order valence-corrected chi connectivity index (χ2v) is 5.46. The first-order valence-corrected chi connectivity index (χ1v) is 6.42. The fourth-order valence-corrected chi connectivity index (χ4v) is 2.72. The summed E-state index contributed by atoms with van der Waals surface area (Å²) in [6.45, 7) is 4.05. The highest BCUT2D eigenvalue weighted by Crippen LogP contribution is 2.28. The maximum atomic E-state index is 5.97. The molecule has 0 amide bonds. The molecule has 0 radical (unpaired) electrons. The SMILES string of the molecule is Cc1ccnc(-c2nc(N)c3cc(C)sc3n2)c1. The van der Waals surface area contributed by atoms with Crippen molar-refractivity contribution in [3.05, 3.63) is 34.8 Å². The van der Waals surface area contributed by atoms with Crippen molar-refractivity contribution in [2.24, 2.45) is 0 Å². The number of nitrogens with two attached hydrogens (primary N) is 1. The zero-order valence-electron chi connectivity index (χ0n) is 10.1. The van der Waals surface area contributed by atoms with Crippen LogP contribution >= 0.6 is 11.3 Å². The molecule has 5 heteroatoms. The van der Waals surface area contributed by atoms with Crippen molar-refractivity contribution >= 4 is 27.4 Å². The van der Waals surface area contributed by atoms with Crippen molar-refractivity contribution in [3.8, 4) is 11.5 Å². The minimum atomic E-state index is 0.516. The number of pyridine rings is 1. The molecule has 2 N–H and O–H groups in total. The summed E-state index contributed by atoms with van der Waals surface area (Å²) < 4.78 is 0. The minimum Gasteiger partial charge on any atom is -0.383 e. The van der Waals surface area contributed by atoms with E-state index in [-0.39, 0.29) is 0 Å². The Balaban J connectivity index is 2.24. The lowest BCUT2D eigenvalue weighted by atomic mass is 10.2. The number of hydrogen-bond donors (Lipinski definition) is 1. The molecule has 0 aliphatic carbocycles. The lowest BCUT2D eigenvalue weighted by molar-refractivity contribution is 1.18. The van der Waals surface area contributed by atoms with Crippen molar-refractivity contribution < 1.29 is 0 Å². The van der Waals surface area contributed by atoms with Crippen molar-refractivity contribution in [2.75, 3.05) is 5.73 Å². The van der Waals surface area contributed by atoms with Gasteiger partial charge >= 0.3 is 0 Å². The molecular weight excluding hydrogens is 244 g/mol. The van der Waals surface area contributed by atoms with Gasteiger partial charge in [-0.2, -0.15) is 0 Å². The quantitative estimate of drug-likeness (QED) is 0.727. The zero-order valence-corrected chi connectivity index (χ0v) is 11.0. The summed E-state index contributed by atoms with van der Waals surface area (Å²) in [7, 11) is 0. The number of rotatable bonds is 1. The van der Waals surface area contributed by atoms with Crippen LogP contribution in [-0.2, 0) is 0 Å². The van der Waals surface area contributed by atoms with Crippen LogP contribution in [0.15, 0.2) is 24.4 Å². The fourth-order valence-electron chi connectivity index (χ4n) is 1.84. The monoisotopic (exact) mass is 256 g/mol. The van der Waals surface area contributed by atoms with Gasteiger partial charge in [-0.3, -0.25) is 4.98 Å². The van der Waals surface area contributed by atoms with Crippen molar-refractivity contribution in [2.45, 2.75) is 13.8 Å². The van der Waals surface area contributed by atoms with Gasteiger partial charge in [-0.05, 0) is 37.6 Å². The Morgan fingerprint density at radius 2 is 2.00 bits per heavy atom. The first kappa shape index (κ1) is 11.1. The van der Waals surface area contributed by atoms with Crippen LogP contribution in [0, 0.1) is 13.8 Å². The molecule has 0 bridgehead atoms. The van der Waals surface area contributed by atoms with Crippen molar-refractivity contribution in [3.63, 3.8) is 0 Å². The summed E-state index contributed by atoms with van der Waals surface area (Å²) >= 11 is 1.62. The van der Waals surface area contributed by atoms with Gasteiger partial charge in [-0.25, -0.2) is 9.97 Å². The average Bonchev–Trinajstić information content (AvgIpc) is 2.70. The topological polar surface area (TPSA) is 64.7 Å². The van der Waals surface area contributed by atoms with Crippen molar-refractivity contribution in [1.82, 2.24) is 15.0 Å². The summed E-state index contributed by atoms with van der Waals surface area (Å²) in [6, 6.07) is 5.92. The molecule has 0 atom stereocenters. The molecule has 18 heavy (non-hydrogen) atoms. The molecule has 3 aromatic rings. The molecule has 0 aliphatic rings. The normalized spacial score (nSPS) is 11.0. The van der Waals surface area contributed by atoms with Gasteiger partial charge in [0.2, 0.25) is 0 Å². The summed E-state index contributed by atoms with van der Waals surface area (Å²) in [5.41, 5.74) is 7.86. The molecule has 0 unspecified atom stereocenters. The third kappa shape index (κ3) is 1.82. The van der Waals surface area contributed by atoms with E-state index >= 15 is 0 Å². The molecule has 3 heterocycles. The maximum Gasteiger partial charge on any atom is 0.181 e. The fraction of sp³-hybridized carbons (Fsp3) is 0.154.